The fraction of sp³-hybridized carbons (Fsp3) is 0.429. The van der Waals surface area contributed by atoms with Gasteiger partial charge in [0.05, 0.1) is 11.1 Å². The minimum absolute atomic E-state index is 0.0119. The van der Waals surface area contributed by atoms with E-state index in [1.807, 2.05) is 30.3 Å². The lowest BCUT2D eigenvalue weighted by atomic mass is 10.1. The molecular formula is C28H37N5O. The van der Waals surface area contributed by atoms with E-state index < -0.39 is 0 Å². The molecule has 1 N–H and O–H groups in total. The summed E-state index contributed by atoms with van der Waals surface area (Å²) in [6.45, 7) is 12.9. The molecular weight excluding hydrogens is 422 g/mol. The first-order valence-electron chi connectivity index (χ1n) is 12.6. The average molecular weight is 460 g/mol. The predicted molar refractivity (Wildman–Crippen MR) is 140 cm³/mol. The first-order valence-corrected chi connectivity index (χ1v) is 12.6. The molecule has 4 rings (SSSR count). The van der Waals surface area contributed by atoms with Crippen molar-refractivity contribution in [1.29, 1.82) is 0 Å². The predicted octanol–water partition coefficient (Wildman–Crippen LogP) is 4.02. The average Bonchev–Trinajstić information content (AvgIpc) is 2.89. The summed E-state index contributed by atoms with van der Waals surface area (Å²) >= 11 is 0. The number of hydrogen-bond donors (Lipinski definition) is 1. The molecule has 1 aliphatic rings. The number of hydrogen-bond acceptors (Lipinski definition) is 5. The third-order valence-corrected chi connectivity index (χ3v) is 6.72. The second-order valence-corrected chi connectivity index (χ2v) is 8.93. The molecule has 6 heteroatoms. The van der Waals surface area contributed by atoms with Gasteiger partial charge in [-0.15, -0.1) is 0 Å². The molecule has 0 bridgehead atoms. The number of benzene rings is 2. The van der Waals surface area contributed by atoms with Crippen LogP contribution in [0.4, 0.5) is 5.82 Å². The monoisotopic (exact) mass is 459 g/mol. The van der Waals surface area contributed by atoms with Gasteiger partial charge in [0.25, 0.3) is 5.91 Å². The number of amides is 1. The number of carbonyl (C=O) groups is 1. The molecule has 1 fully saturated rings. The highest BCUT2D eigenvalue weighted by atomic mass is 16.1. The molecule has 0 saturated carbocycles. The lowest BCUT2D eigenvalue weighted by Gasteiger charge is -2.35. The standard InChI is InChI=1S/C28H37N5O/c1-3-31(4-2)16-10-15-29-28(34)25-21-27(30-26-14-9-8-13-24(25)26)33-19-17-32(18-20-33)22-23-11-6-5-7-12-23/h5-9,11-14,21H,3-4,10,15-20,22H2,1-2H3,(H,29,34). The Labute approximate surface area is 203 Å². The van der Waals surface area contributed by atoms with E-state index in [-0.39, 0.29) is 5.91 Å². The van der Waals surface area contributed by atoms with Crippen molar-refractivity contribution in [2.45, 2.75) is 26.8 Å². The second-order valence-electron chi connectivity index (χ2n) is 8.93. The van der Waals surface area contributed by atoms with Crippen LogP contribution in [0.25, 0.3) is 10.9 Å². The lowest BCUT2D eigenvalue weighted by Crippen LogP contribution is -2.46. The SMILES string of the molecule is CCN(CC)CCCNC(=O)c1cc(N2CCN(Cc3ccccc3)CC2)nc2ccccc12. The van der Waals surface area contributed by atoms with Crippen molar-refractivity contribution in [3.05, 3.63) is 71.8 Å². The highest BCUT2D eigenvalue weighted by Gasteiger charge is 2.21. The van der Waals surface area contributed by atoms with E-state index in [1.54, 1.807) is 0 Å². The smallest absolute Gasteiger partial charge is 0.252 e. The number of pyridine rings is 1. The molecule has 0 spiro atoms. The summed E-state index contributed by atoms with van der Waals surface area (Å²) in [5, 5.41) is 4.05. The number of nitrogens with one attached hydrogen (secondary N) is 1. The van der Waals surface area contributed by atoms with Crippen LogP contribution in [0.15, 0.2) is 60.7 Å². The Morgan fingerprint density at radius 3 is 2.41 bits per heavy atom. The van der Waals surface area contributed by atoms with E-state index in [1.165, 1.54) is 5.56 Å². The van der Waals surface area contributed by atoms with E-state index in [4.69, 9.17) is 4.98 Å². The highest BCUT2D eigenvalue weighted by molar-refractivity contribution is 6.07. The number of aromatic nitrogens is 1. The van der Waals surface area contributed by atoms with Crippen LogP contribution >= 0.6 is 0 Å². The molecule has 2 heterocycles. The molecule has 180 valence electrons. The van der Waals surface area contributed by atoms with Crippen molar-refractivity contribution < 1.29 is 4.79 Å². The van der Waals surface area contributed by atoms with E-state index >= 15 is 0 Å². The molecule has 0 unspecified atom stereocenters. The van der Waals surface area contributed by atoms with Gasteiger partial charge in [0.1, 0.15) is 5.82 Å². The van der Waals surface area contributed by atoms with Gasteiger partial charge in [-0.25, -0.2) is 4.98 Å². The highest BCUT2D eigenvalue weighted by Crippen LogP contribution is 2.24. The van der Waals surface area contributed by atoms with E-state index in [2.05, 4.69) is 64.2 Å². The molecule has 0 aliphatic carbocycles. The zero-order valence-corrected chi connectivity index (χ0v) is 20.5. The Morgan fingerprint density at radius 1 is 0.971 bits per heavy atom. The quantitative estimate of drug-likeness (QED) is 0.464. The van der Waals surface area contributed by atoms with E-state index in [9.17, 15) is 4.79 Å². The van der Waals surface area contributed by atoms with Gasteiger partial charge in [0.2, 0.25) is 0 Å². The molecule has 1 saturated heterocycles. The molecule has 34 heavy (non-hydrogen) atoms. The van der Waals surface area contributed by atoms with Crippen LogP contribution in [-0.4, -0.2) is 73.0 Å². The molecule has 6 nitrogen and oxygen atoms in total. The van der Waals surface area contributed by atoms with Gasteiger partial charge in [-0.1, -0.05) is 62.4 Å². The van der Waals surface area contributed by atoms with Crippen LogP contribution in [0.5, 0.6) is 0 Å². The first kappa shape index (κ1) is 24.2. The van der Waals surface area contributed by atoms with Crippen LogP contribution < -0.4 is 10.2 Å². The third-order valence-electron chi connectivity index (χ3n) is 6.72. The molecule has 2 aromatic carbocycles. The van der Waals surface area contributed by atoms with Gasteiger partial charge >= 0.3 is 0 Å². The van der Waals surface area contributed by atoms with Gasteiger partial charge in [0, 0.05) is 44.7 Å². The Morgan fingerprint density at radius 2 is 1.68 bits per heavy atom. The van der Waals surface area contributed by atoms with Crippen molar-refractivity contribution in [2.75, 3.05) is 57.3 Å². The molecule has 1 aromatic heterocycles. The lowest BCUT2D eigenvalue weighted by molar-refractivity contribution is 0.0953. The van der Waals surface area contributed by atoms with Crippen LogP contribution in [0, 0.1) is 0 Å². The minimum atomic E-state index is -0.0119. The number of carbonyl (C=O) groups excluding carboxylic acids is 1. The van der Waals surface area contributed by atoms with Crippen LogP contribution in [0.3, 0.4) is 0 Å². The maximum Gasteiger partial charge on any atom is 0.252 e. The van der Waals surface area contributed by atoms with Crippen LogP contribution in [0.1, 0.15) is 36.2 Å². The van der Waals surface area contributed by atoms with Crippen LogP contribution in [-0.2, 0) is 6.54 Å². The number of anilines is 1. The van der Waals surface area contributed by atoms with Crippen molar-refractivity contribution >= 4 is 22.6 Å². The Hall–Kier alpha value is -2.96. The first-order chi connectivity index (χ1) is 16.7. The minimum Gasteiger partial charge on any atom is -0.354 e. The van der Waals surface area contributed by atoms with E-state index in [0.29, 0.717) is 6.54 Å². The zero-order valence-electron chi connectivity index (χ0n) is 20.5. The number of para-hydroxylation sites is 1. The number of rotatable bonds is 10. The van der Waals surface area contributed by atoms with Gasteiger partial charge < -0.3 is 15.1 Å². The Kier molecular flexibility index (Phi) is 8.50. The van der Waals surface area contributed by atoms with Crippen molar-refractivity contribution in [1.82, 2.24) is 20.1 Å². The Bertz CT molecular complexity index is 1060. The summed E-state index contributed by atoms with van der Waals surface area (Å²) in [5.74, 6) is 0.883. The molecule has 3 aromatic rings. The summed E-state index contributed by atoms with van der Waals surface area (Å²) in [7, 11) is 0. The van der Waals surface area contributed by atoms with Gasteiger partial charge in [0.15, 0.2) is 0 Å². The summed E-state index contributed by atoms with van der Waals surface area (Å²) < 4.78 is 0. The second kappa shape index (κ2) is 12.0. The van der Waals surface area contributed by atoms with Crippen molar-refractivity contribution in [3.8, 4) is 0 Å². The van der Waals surface area contributed by atoms with Crippen molar-refractivity contribution in [3.63, 3.8) is 0 Å². The maximum absolute atomic E-state index is 13.2. The van der Waals surface area contributed by atoms with E-state index in [0.717, 1.165) is 81.1 Å². The number of nitrogens with zero attached hydrogens (tertiary/aromatic N) is 4. The van der Waals surface area contributed by atoms with Gasteiger partial charge in [-0.2, -0.15) is 0 Å². The Balaban J connectivity index is 1.42. The zero-order chi connectivity index (χ0) is 23.8. The molecule has 1 aliphatic heterocycles. The topological polar surface area (TPSA) is 51.7 Å². The van der Waals surface area contributed by atoms with Crippen molar-refractivity contribution in [2.24, 2.45) is 0 Å². The summed E-state index contributed by atoms with van der Waals surface area (Å²) in [4.78, 5) is 25.2. The van der Waals surface area contributed by atoms with Crippen LogP contribution in [0.2, 0.25) is 0 Å². The molecule has 1 amide bonds. The number of fused-ring (bicyclic) bond motifs is 1. The number of piperazine rings is 1. The largest absolute Gasteiger partial charge is 0.354 e. The third kappa shape index (κ3) is 6.13. The summed E-state index contributed by atoms with van der Waals surface area (Å²) in [6, 6.07) is 20.6. The van der Waals surface area contributed by atoms with Gasteiger partial charge in [-0.3, -0.25) is 9.69 Å². The van der Waals surface area contributed by atoms with Gasteiger partial charge in [-0.05, 0) is 43.8 Å². The molecule has 0 radical (unpaired) electrons. The summed E-state index contributed by atoms with van der Waals surface area (Å²) in [6.07, 6.45) is 0.951. The maximum atomic E-state index is 13.2. The normalized spacial score (nSPS) is 14.6. The fourth-order valence-electron chi connectivity index (χ4n) is 4.63. The summed E-state index contributed by atoms with van der Waals surface area (Å²) in [5.41, 5.74) is 2.94. The molecule has 0 atom stereocenters. The fourth-order valence-corrected chi connectivity index (χ4v) is 4.63.